The lowest BCUT2D eigenvalue weighted by Gasteiger charge is -2.21. The molecule has 0 saturated carbocycles. The number of benzene rings is 2. The third-order valence-electron chi connectivity index (χ3n) is 3.59. The van der Waals surface area contributed by atoms with Crippen molar-refractivity contribution in [3.05, 3.63) is 68.4 Å². The molecule has 1 N–H and O–H groups in total. The fourth-order valence-corrected chi connectivity index (χ4v) is 3.04. The molecule has 2 rings (SSSR count). The molecule has 0 aliphatic heterocycles. The Hall–Kier alpha value is -0.900. The minimum Gasteiger partial charge on any atom is -0.310 e. The lowest BCUT2D eigenvalue weighted by atomic mass is 9.95. The van der Waals surface area contributed by atoms with Gasteiger partial charge in [-0.3, -0.25) is 0 Å². The molecule has 0 aliphatic carbocycles. The summed E-state index contributed by atoms with van der Waals surface area (Å²) in [5.74, 6) is -0.324. The van der Waals surface area contributed by atoms with Crippen molar-refractivity contribution in [2.24, 2.45) is 0 Å². The van der Waals surface area contributed by atoms with Crippen molar-refractivity contribution < 1.29 is 4.39 Å². The van der Waals surface area contributed by atoms with Crippen molar-refractivity contribution in [3.8, 4) is 0 Å². The topological polar surface area (TPSA) is 12.0 Å². The van der Waals surface area contributed by atoms with Gasteiger partial charge in [-0.15, -0.1) is 0 Å². The summed E-state index contributed by atoms with van der Waals surface area (Å²) in [6.07, 6.45) is 0.567. The van der Waals surface area contributed by atoms with Crippen molar-refractivity contribution in [2.45, 2.75) is 26.3 Å². The second kappa shape index (κ2) is 7.39. The second-order valence-corrected chi connectivity index (χ2v) is 6.24. The molecular weight excluding hydrogens is 353 g/mol. The first-order valence-electron chi connectivity index (χ1n) is 6.95. The van der Waals surface area contributed by atoms with Crippen LogP contribution in [-0.2, 0) is 6.42 Å². The lowest BCUT2D eigenvalue weighted by Crippen LogP contribution is -2.24. The number of nitrogens with one attached hydrogen (secondary N) is 1. The predicted octanol–water partition coefficient (Wildman–Crippen LogP) is 5.44. The maximum Gasteiger partial charge on any atom is 0.145 e. The summed E-state index contributed by atoms with van der Waals surface area (Å²) in [5.41, 5.74) is 2.98. The summed E-state index contributed by atoms with van der Waals surface area (Å²) < 4.78 is 15.2. The van der Waals surface area contributed by atoms with Gasteiger partial charge < -0.3 is 5.32 Å². The highest BCUT2D eigenvalue weighted by atomic mass is 79.9. The van der Waals surface area contributed by atoms with Gasteiger partial charge in [0.25, 0.3) is 0 Å². The summed E-state index contributed by atoms with van der Waals surface area (Å²) >= 11 is 9.43. The van der Waals surface area contributed by atoms with Crippen molar-refractivity contribution in [3.63, 3.8) is 0 Å². The van der Waals surface area contributed by atoms with E-state index in [1.165, 1.54) is 11.1 Å². The average molecular weight is 371 g/mol. The molecule has 0 radical (unpaired) electrons. The third-order valence-corrected chi connectivity index (χ3v) is 4.74. The first-order chi connectivity index (χ1) is 10.0. The van der Waals surface area contributed by atoms with E-state index in [0.717, 1.165) is 11.0 Å². The van der Waals surface area contributed by atoms with Crippen LogP contribution in [0, 0.1) is 12.7 Å². The highest BCUT2D eigenvalue weighted by Gasteiger charge is 2.17. The van der Waals surface area contributed by atoms with Crippen LogP contribution >= 0.6 is 27.5 Å². The number of rotatable bonds is 5. The van der Waals surface area contributed by atoms with Gasteiger partial charge in [-0.05, 0) is 48.7 Å². The summed E-state index contributed by atoms with van der Waals surface area (Å²) in [6, 6.07) is 11.3. The van der Waals surface area contributed by atoms with E-state index in [4.69, 9.17) is 11.6 Å². The van der Waals surface area contributed by atoms with Crippen LogP contribution in [0.1, 0.15) is 29.7 Å². The Labute approximate surface area is 138 Å². The van der Waals surface area contributed by atoms with E-state index < -0.39 is 0 Å². The van der Waals surface area contributed by atoms with Crippen LogP contribution < -0.4 is 5.32 Å². The maximum atomic E-state index is 14.1. The van der Waals surface area contributed by atoms with Gasteiger partial charge in [-0.25, -0.2) is 4.39 Å². The van der Waals surface area contributed by atoms with Crippen LogP contribution in [0.25, 0.3) is 0 Å². The zero-order valence-electron chi connectivity index (χ0n) is 12.1. The van der Waals surface area contributed by atoms with Crippen LogP contribution in [-0.4, -0.2) is 6.54 Å². The Morgan fingerprint density at radius 3 is 2.67 bits per heavy atom. The predicted molar refractivity (Wildman–Crippen MR) is 90.4 cm³/mol. The number of likely N-dealkylation sites (N-methyl/N-ethyl adjacent to an activating group) is 1. The van der Waals surface area contributed by atoms with Crippen LogP contribution in [0.4, 0.5) is 4.39 Å². The first kappa shape index (κ1) is 16.5. The average Bonchev–Trinajstić information content (AvgIpc) is 2.46. The van der Waals surface area contributed by atoms with Gasteiger partial charge in [0.1, 0.15) is 5.82 Å². The smallest absolute Gasteiger partial charge is 0.145 e. The van der Waals surface area contributed by atoms with Crippen molar-refractivity contribution in [2.75, 3.05) is 6.54 Å². The van der Waals surface area contributed by atoms with Crippen LogP contribution in [0.15, 0.2) is 40.9 Å². The van der Waals surface area contributed by atoms with E-state index in [9.17, 15) is 4.39 Å². The van der Waals surface area contributed by atoms with E-state index in [2.05, 4.69) is 41.2 Å². The normalized spacial score (nSPS) is 12.4. The summed E-state index contributed by atoms with van der Waals surface area (Å²) in [6.45, 7) is 4.94. The summed E-state index contributed by atoms with van der Waals surface area (Å²) in [5, 5.41) is 3.61. The molecule has 1 atom stereocenters. The lowest BCUT2D eigenvalue weighted by molar-refractivity contribution is 0.526. The van der Waals surface area contributed by atoms with Crippen molar-refractivity contribution in [1.29, 1.82) is 0 Å². The fourth-order valence-electron chi connectivity index (χ4n) is 2.47. The second-order valence-electron chi connectivity index (χ2n) is 4.98. The molecule has 0 spiro atoms. The van der Waals surface area contributed by atoms with Gasteiger partial charge in [0.05, 0.1) is 5.02 Å². The Morgan fingerprint density at radius 2 is 1.95 bits per heavy atom. The Morgan fingerprint density at radius 1 is 1.24 bits per heavy atom. The summed E-state index contributed by atoms with van der Waals surface area (Å²) in [7, 11) is 0. The standard InChI is InChI=1S/C17H18BrClFN/c1-3-21-16(13-7-5-8-14(18)11(13)2)10-12-6-4-9-15(19)17(12)20/h4-9,16,21H,3,10H2,1-2H3. The molecule has 21 heavy (non-hydrogen) atoms. The Balaban J connectivity index is 2.35. The SMILES string of the molecule is CCNC(Cc1cccc(Cl)c1F)c1cccc(Br)c1C. The van der Waals surface area contributed by atoms with Gasteiger partial charge in [0.2, 0.25) is 0 Å². The molecule has 1 unspecified atom stereocenters. The molecule has 0 saturated heterocycles. The molecule has 0 aliphatic rings. The van der Waals surface area contributed by atoms with Gasteiger partial charge in [-0.2, -0.15) is 0 Å². The zero-order valence-corrected chi connectivity index (χ0v) is 14.4. The molecule has 2 aromatic rings. The molecular formula is C17H18BrClFN. The Kier molecular flexibility index (Phi) is 5.80. The number of halogens is 3. The molecule has 2 aromatic carbocycles. The molecule has 0 aromatic heterocycles. The highest BCUT2D eigenvalue weighted by Crippen LogP contribution is 2.28. The van der Waals surface area contributed by atoms with Gasteiger partial charge in [0.15, 0.2) is 0 Å². The van der Waals surface area contributed by atoms with E-state index in [1.807, 2.05) is 12.1 Å². The van der Waals surface area contributed by atoms with Gasteiger partial charge in [-0.1, -0.05) is 58.7 Å². The molecule has 0 bridgehead atoms. The van der Waals surface area contributed by atoms with E-state index in [0.29, 0.717) is 12.0 Å². The molecule has 0 amide bonds. The van der Waals surface area contributed by atoms with E-state index >= 15 is 0 Å². The first-order valence-corrected chi connectivity index (χ1v) is 8.13. The van der Waals surface area contributed by atoms with Gasteiger partial charge >= 0.3 is 0 Å². The molecule has 0 fully saturated rings. The number of hydrogen-bond donors (Lipinski definition) is 1. The molecule has 0 heterocycles. The molecule has 4 heteroatoms. The molecule has 1 nitrogen and oxygen atoms in total. The van der Waals surface area contributed by atoms with Gasteiger partial charge in [0, 0.05) is 10.5 Å². The number of hydrogen-bond acceptors (Lipinski definition) is 1. The quantitative estimate of drug-likeness (QED) is 0.738. The van der Waals surface area contributed by atoms with Crippen LogP contribution in [0.5, 0.6) is 0 Å². The zero-order chi connectivity index (χ0) is 15.4. The largest absolute Gasteiger partial charge is 0.310 e. The highest BCUT2D eigenvalue weighted by molar-refractivity contribution is 9.10. The van der Waals surface area contributed by atoms with E-state index in [1.54, 1.807) is 18.2 Å². The van der Waals surface area contributed by atoms with E-state index in [-0.39, 0.29) is 16.9 Å². The Bertz CT molecular complexity index is 630. The van der Waals surface area contributed by atoms with Crippen LogP contribution in [0.3, 0.4) is 0 Å². The minimum absolute atomic E-state index is 0.0560. The minimum atomic E-state index is -0.324. The summed E-state index contributed by atoms with van der Waals surface area (Å²) in [4.78, 5) is 0. The maximum absolute atomic E-state index is 14.1. The molecule has 112 valence electrons. The van der Waals surface area contributed by atoms with Crippen molar-refractivity contribution in [1.82, 2.24) is 5.32 Å². The monoisotopic (exact) mass is 369 g/mol. The van der Waals surface area contributed by atoms with Crippen LogP contribution in [0.2, 0.25) is 5.02 Å². The van der Waals surface area contributed by atoms with Crippen molar-refractivity contribution >= 4 is 27.5 Å². The third kappa shape index (κ3) is 3.85. The fraction of sp³-hybridized carbons (Fsp3) is 0.294.